The Morgan fingerprint density at radius 2 is 2.04 bits per heavy atom. The zero-order valence-corrected chi connectivity index (χ0v) is 14.6. The van der Waals surface area contributed by atoms with E-state index in [1.54, 1.807) is 10.4 Å². The molecule has 1 aromatic rings. The Morgan fingerprint density at radius 1 is 1.39 bits per heavy atom. The Bertz CT molecular complexity index is 688. The highest BCUT2D eigenvalue weighted by atomic mass is 32.2. The number of aromatic nitrogens is 2. The summed E-state index contributed by atoms with van der Waals surface area (Å²) in [6.45, 7) is 6.64. The summed E-state index contributed by atoms with van der Waals surface area (Å²) < 4.78 is 26.0. The van der Waals surface area contributed by atoms with Gasteiger partial charge in [-0.05, 0) is 31.7 Å². The topological polar surface area (TPSA) is 99.0 Å². The quantitative estimate of drug-likeness (QED) is 0.874. The molecule has 0 radical (unpaired) electrons. The Kier molecular flexibility index (Phi) is 5.55. The second-order valence-electron chi connectivity index (χ2n) is 6.32. The van der Waals surface area contributed by atoms with Gasteiger partial charge in [0.2, 0.25) is 16.0 Å². The largest absolute Gasteiger partial charge is 0.351 e. The monoisotopic (exact) mass is 337 g/mol. The van der Waals surface area contributed by atoms with Gasteiger partial charge in [-0.15, -0.1) is 0 Å². The van der Waals surface area contributed by atoms with Crippen LogP contribution in [0, 0.1) is 24.2 Å². The third-order valence-electron chi connectivity index (χ3n) is 3.69. The number of anilines is 1. The molecule has 1 fully saturated rings. The molecule has 126 valence electrons. The first kappa shape index (κ1) is 17.6. The van der Waals surface area contributed by atoms with E-state index in [2.05, 4.69) is 15.3 Å². The number of nitrogens with one attached hydrogen (secondary N) is 1. The van der Waals surface area contributed by atoms with E-state index in [1.807, 2.05) is 26.8 Å². The van der Waals surface area contributed by atoms with Gasteiger partial charge in [-0.3, -0.25) is 0 Å². The molecule has 1 saturated heterocycles. The van der Waals surface area contributed by atoms with E-state index in [1.165, 1.54) is 0 Å². The van der Waals surface area contributed by atoms with E-state index < -0.39 is 10.0 Å². The molecule has 0 aromatic carbocycles. The fraction of sp³-hybridized carbons (Fsp3) is 0.667. The van der Waals surface area contributed by atoms with Crippen molar-refractivity contribution in [3.63, 3.8) is 0 Å². The number of hydrogen-bond acceptors (Lipinski definition) is 6. The number of sulfonamides is 1. The van der Waals surface area contributed by atoms with Crippen LogP contribution >= 0.6 is 0 Å². The van der Waals surface area contributed by atoms with Crippen LogP contribution in [0.3, 0.4) is 0 Å². The first-order chi connectivity index (χ1) is 10.8. The van der Waals surface area contributed by atoms with Crippen LogP contribution in [-0.4, -0.2) is 47.6 Å². The third kappa shape index (κ3) is 4.88. The highest BCUT2D eigenvalue weighted by molar-refractivity contribution is 7.89. The molecule has 23 heavy (non-hydrogen) atoms. The van der Waals surface area contributed by atoms with Crippen LogP contribution in [0.5, 0.6) is 0 Å². The average Bonchev–Trinajstić information content (AvgIpc) is 2.45. The van der Waals surface area contributed by atoms with Gasteiger partial charge in [0.15, 0.2) is 0 Å². The van der Waals surface area contributed by atoms with E-state index in [-0.39, 0.29) is 17.7 Å². The molecular formula is C15H23N5O2S. The van der Waals surface area contributed by atoms with Gasteiger partial charge in [0.25, 0.3) is 0 Å². The minimum absolute atomic E-state index is 0.119. The summed E-state index contributed by atoms with van der Waals surface area (Å²) in [4.78, 5) is 8.42. The summed E-state index contributed by atoms with van der Waals surface area (Å²) in [6.07, 6.45) is 1.41. The van der Waals surface area contributed by atoms with E-state index in [0.29, 0.717) is 37.6 Å². The maximum atomic E-state index is 12.2. The van der Waals surface area contributed by atoms with Gasteiger partial charge in [0.05, 0.1) is 5.75 Å². The SMILES string of the molecule is Cc1cc(C#N)nc(NC2CCN(S(=O)(=O)CC(C)C)CC2)n1. The molecule has 0 saturated carbocycles. The summed E-state index contributed by atoms with van der Waals surface area (Å²) >= 11 is 0. The summed E-state index contributed by atoms with van der Waals surface area (Å²) in [6, 6.07) is 3.76. The predicted octanol–water partition coefficient (Wildman–Crippen LogP) is 1.52. The first-order valence-corrected chi connectivity index (χ1v) is 9.41. The van der Waals surface area contributed by atoms with Gasteiger partial charge in [-0.25, -0.2) is 22.7 Å². The second-order valence-corrected chi connectivity index (χ2v) is 8.33. The third-order valence-corrected chi connectivity index (χ3v) is 5.93. The fourth-order valence-corrected chi connectivity index (χ4v) is 4.50. The molecule has 1 aromatic heterocycles. The normalized spacial score (nSPS) is 17.2. The van der Waals surface area contributed by atoms with Crippen molar-refractivity contribution < 1.29 is 8.42 Å². The fourth-order valence-electron chi connectivity index (χ4n) is 2.68. The van der Waals surface area contributed by atoms with E-state index in [9.17, 15) is 8.42 Å². The van der Waals surface area contributed by atoms with Crippen LogP contribution in [0.15, 0.2) is 6.07 Å². The zero-order valence-electron chi connectivity index (χ0n) is 13.8. The number of hydrogen-bond donors (Lipinski definition) is 1. The van der Waals surface area contributed by atoms with Crippen molar-refractivity contribution >= 4 is 16.0 Å². The summed E-state index contributed by atoms with van der Waals surface area (Å²) in [5, 5.41) is 12.2. The molecule has 0 spiro atoms. The molecule has 1 aliphatic heterocycles. The molecule has 0 bridgehead atoms. The maximum absolute atomic E-state index is 12.2. The number of rotatable bonds is 5. The van der Waals surface area contributed by atoms with Gasteiger partial charge in [0.1, 0.15) is 11.8 Å². The van der Waals surface area contributed by atoms with Crippen molar-refractivity contribution in [2.24, 2.45) is 5.92 Å². The molecule has 2 rings (SSSR count). The van der Waals surface area contributed by atoms with Crippen molar-refractivity contribution in [2.75, 3.05) is 24.2 Å². The lowest BCUT2D eigenvalue weighted by atomic mass is 10.1. The molecule has 1 N–H and O–H groups in total. The number of aryl methyl sites for hydroxylation is 1. The van der Waals surface area contributed by atoms with Crippen LogP contribution in [0.25, 0.3) is 0 Å². The standard InChI is InChI=1S/C15H23N5O2S/c1-11(2)10-23(21,22)20-6-4-13(5-7-20)18-15-17-12(3)8-14(9-16)19-15/h8,11,13H,4-7,10H2,1-3H3,(H,17,18,19). The Morgan fingerprint density at radius 3 is 2.61 bits per heavy atom. The lowest BCUT2D eigenvalue weighted by Crippen LogP contribution is -2.44. The minimum atomic E-state index is -3.17. The van der Waals surface area contributed by atoms with Crippen LogP contribution in [0.4, 0.5) is 5.95 Å². The lowest BCUT2D eigenvalue weighted by molar-refractivity contribution is 0.327. The molecule has 0 unspecified atom stereocenters. The molecule has 0 atom stereocenters. The van der Waals surface area contributed by atoms with E-state index in [4.69, 9.17) is 5.26 Å². The summed E-state index contributed by atoms with van der Waals surface area (Å²) in [5.41, 5.74) is 1.06. The highest BCUT2D eigenvalue weighted by Gasteiger charge is 2.28. The number of nitriles is 1. The van der Waals surface area contributed by atoms with E-state index >= 15 is 0 Å². The maximum Gasteiger partial charge on any atom is 0.224 e. The number of nitrogens with zero attached hydrogens (tertiary/aromatic N) is 4. The van der Waals surface area contributed by atoms with Gasteiger partial charge < -0.3 is 5.32 Å². The van der Waals surface area contributed by atoms with Crippen LogP contribution in [-0.2, 0) is 10.0 Å². The molecule has 0 amide bonds. The van der Waals surface area contributed by atoms with Gasteiger partial charge >= 0.3 is 0 Å². The predicted molar refractivity (Wildman–Crippen MR) is 88.3 cm³/mol. The Labute approximate surface area is 137 Å². The average molecular weight is 337 g/mol. The van der Waals surface area contributed by atoms with Crippen molar-refractivity contribution in [1.29, 1.82) is 5.26 Å². The number of piperidine rings is 1. The van der Waals surface area contributed by atoms with Gasteiger partial charge in [0, 0.05) is 24.8 Å². The van der Waals surface area contributed by atoms with Crippen LogP contribution < -0.4 is 5.32 Å². The Hall–Kier alpha value is -1.72. The molecule has 0 aliphatic carbocycles. The molecule has 2 heterocycles. The van der Waals surface area contributed by atoms with Crippen LogP contribution in [0.2, 0.25) is 0 Å². The first-order valence-electron chi connectivity index (χ1n) is 7.80. The molecular weight excluding hydrogens is 314 g/mol. The molecule has 8 heteroatoms. The van der Waals surface area contributed by atoms with Gasteiger partial charge in [-0.2, -0.15) is 5.26 Å². The second kappa shape index (κ2) is 7.23. The van der Waals surface area contributed by atoms with Crippen molar-refractivity contribution in [3.05, 3.63) is 17.5 Å². The van der Waals surface area contributed by atoms with Crippen molar-refractivity contribution in [1.82, 2.24) is 14.3 Å². The minimum Gasteiger partial charge on any atom is -0.351 e. The zero-order chi connectivity index (χ0) is 17.0. The molecule has 7 nitrogen and oxygen atoms in total. The van der Waals surface area contributed by atoms with E-state index in [0.717, 1.165) is 5.69 Å². The van der Waals surface area contributed by atoms with Crippen molar-refractivity contribution in [3.8, 4) is 6.07 Å². The lowest BCUT2D eigenvalue weighted by Gasteiger charge is -2.32. The Balaban J connectivity index is 1.95. The summed E-state index contributed by atoms with van der Waals surface area (Å²) in [7, 11) is -3.17. The smallest absolute Gasteiger partial charge is 0.224 e. The summed E-state index contributed by atoms with van der Waals surface area (Å²) in [5.74, 6) is 0.753. The molecule has 1 aliphatic rings. The van der Waals surface area contributed by atoms with Crippen LogP contribution in [0.1, 0.15) is 38.1 Å². The van der Waals surface area contributed by atoms with Crippen molar-refractivity contribution in [2.45, 2.75) is 39.7 Å². The van der Waals surface area contributed by atoms with Gasteiger partial charge in [-0.1, -0.05) is 13.8 Å². The highest BCUT2D eigenvalue weighted by Crippen LogP contribution is 2.18.